The van der Waals surface area contributed by atoms with Crippen LogP contribution in [0.4, 0.5) is 11.5 Å². The molecular formula is C22H24N4O. The van der Waals surface area contributed by atoms with Crippen LogP contribution in [0.3, 0.4) is 0 Å². The molecule has 0 spiro atoms. The Balaban J connectivity index is 1.81. The summed E-state index contributed by atoms with van der Waals surface area (Å²) in [4.78, 5) is 21.5. The Morgan fingerprint density at radius 1 is 0.926 bits per heavy atom. The van der Waals surface area contributed by atoms with Crippen LogP contribution in [0, 0.1) is 20.8 Å². The zero-order chi connectivity index (χ0) is 19.4. The van der Waals surface area contributed by atoms with Crippen LogP contribution in [0.1, 0.15) is 46.0 Å². The van der Waals surface area contributed by atoms with Gasteiger partial charge in [-0.2, -0.15) is 0 Å². The SMILES string of the molecule is Cc1nc(NC(C)c2ccccc2)cc(C(=O)Nc2c(C)cccc2C)n1. The second-order valence-electron chi connectivity index (χ2n) is 6.68. The molecule has 0 saturated carbocycles. The smallest absolute Gasteiger partial charge is 0.274 e. The number of hydrogen-bond acceptors (Lipinski definition) is 4. The molecule has 5 heteroatoms. The first kappa shape index (κ1) is 18.6. The molecule has 3 rings (SSSR count). The average Bonchev–Trinajstić information content (AvgIpc) is 2.65. The summed E-state index contributed by atoms with van der Waals surface area (Å²) in [6, 6.07) is 17.8. The number of amides is 1. The minimum Gasteiger partial charge on any atom is -0.363 e. The van der Waals surface area contributed by atoms with E-state index in [1.54, 1.807) is 13.0 Å². The van der Waals surface area contributed by atoms with E-state index in [1.807, 2.05) is 50.2 Å². The van der Waals surface area contributed by atoms with E-state index in [9.17, 15) is 4.79 Å². The molecule has 0 aliphatic carbocycles. The number of nitrogens with one attached hydrogen (secondary N) is 2. The first-order valence-corrected chi connectivity index (χ1v) is 8.99. The highest BCUT2D eigenvalue weighted by atomic mass is 16.1. The van der Waals surface area contributed by atoms with Crippen LogP contribution < -0.4 is 10.6 Å². The molecule has 5 nitrogen and oxygen atoms in total. The van der Waals surface area contributed by atoms with Gasteiger partial charge in [-0.15, -0.1) is 0 Å². The predicted molar refractivity (Wildman–Crippen MR) is 109 cm³/mol. The summed E-state index contributed by atoms with van der Waals surface area (Å²) in [5.74, 6) is 0.936. The van der Waals surface area contributed by atoms with Crippen LogP contribution in [0.25, 0.3) is 0 Å². The van der Waals surface area contributed by atoms with E-state index in [0.29, 0.717) is 17.3 Å². The van der Waals surface area contributed by atoms with Gasteiger partial charge in [0.05, 0.1) is 0 Å². The minimum atomic E-state index is -0.242. The lowest BCUT2D eigenvalue weighted by molar-refractivity contribution is 0.102. The lowest BCUT2D eigenvalue weighted by Gasteiger charge is -2.16. The van der Waals surface area contributed by atoms with Gasteiger partial charge >= 0.3 is 0 Å². The molecule has 0 fully saturated rings. The van der Waals surface area contributed by atoms with Gasteiger partial charge in [0.15, 0.2) is 0 Å². The number of hydrogen-bond donors (Lipinski definition) is 2. The van der Waals surface area contributed by atoms with Gasteiger partial charge in [-0.3, -0.25) is 4.79 Å². The molecule has 0 aliphatic rings. The molecule has 0 saturated heterocycles. The lowest BCUT2D eigenvalue weighted by atomic mass is 10.1. The number of carbonyl (C=O) groups is 1. The standard InChI is InChI=1S/C22H24N4O/c1-14-9-8-10-15(2)21(14)26-22(27)19-13-20(25-17(4)24-19)23-16(3)18-11-6-5-7-12-18/h5-13,16H,1-4H3,(H,26,27)(H,23,24,25). The number of nitrogens with zero attached hydrogens (tertiary/aromatic N) is 2. The van der Waals surface area contributed by atoms with Gasteiger partial charge in [0.2, 0.25) is 0 Å². The number of anilines is 2. The van der Waals surface area contributed by atoms with Crippen molar-refractivity contribution in [3.63, 3.8) is 0 Å². The van der Waals surface area contributed by atoms with Gasteiger partial charge in [-0.1, -0.05) is 48.5 Å². The van der Waals surface area contributed by atoms with E-state index in [-0.39, 0.29) is 11.9 Å². The molecule has 27 heavy (non-hydrogen) atoms. The molecule has 138 valence electrons. The fourth-order valence-electron chi connectivity index (χ4n) is 2.99. The van der Waals surface area contributed by atoms with Crippen molar-refractivity contribution in [1.29, 1.82) is 0 Å². The molecule has 1 atom stereocenters. The molecule has 0 radical (unpaired) electrons. The molecule has 3 aromatic rings. The van der Waals surface area contributed by atoms with Crippen LogP contribution in [-0.4, -0.2) is 15.9 Å². The largest absolute Gasteiger partial charge is 0.363 e. The molecule has 0 aliphatic heterocycles. The van der Waals surface area contributed by atoms with Crippen molar-refractivity contribution in [2.24, 2.45) is 0 Å². The maximum Gasteiger partial charge on any atom is 0.274 e. The van der Waals surface area contributed by atoms with E-state index in [2.05, 4.69) is 39.7 Å². The van der Waals surface area contributed by atoms with Gasteiger partial charge in [-0.05, 0) is 44.4 Å². The second kappa shape index (κ2) is 7.99. The summed E-state index contributed by atoms with van der Waals surface area (Å²) in [5, 5.41) is 6.33. The number of benzene rings is 2. The van der Waals surface area contributed by atoms with Crippen molar-refractivity contribution in [3.05, 3.63) is 82.8 Å². The van der Waals surface area contributed by atoms with Gasteiger partial charge < -0.3 is 10.6 Å². The Hall–Kier alpha value is -3.21. The van der Waals surface area contributed by atoms with E-state index < -0.39 is 0 Å². The summed E-state index contributed by atoms with van der Waals surface area (Å²) >= 11 is 0. The van der Waals surface area contributed by atoms with Crippen LogP contribution >= 0.6 is 0 Å². The summed E-state index contributed by atoms with van der Waals surface area (Å²) < 4.78 is 0. The summed E-state index contributed by atoms with van der Waals surface area (Å²) in [6.07, 6.45) is 0. The van der Waals surface area contributed by atoms with Crippen molar-refractivity contribution < 1.29 is 4.79 Å². The first-order valence-electron chi connectivity index (χ1n) is 8.99. The van der Waals surface area contributed by atoms with Crippen molar-refractivity contribution in [1.82, 2.24) is 9.97 Å². The Morgan fingerprint density at radius 2 is 1.59 bits per heavy atom. The normalized spacial score (nSPS) is 11.7. The zero-order valence-electron chi connectivity index (χ0n) is 16.1. The molecular weight excluding hydrogens is 336 g/mol. The topological polar surface area (TPSA) is 66.9 Å². The molecule has 1 aromatic heterocycles. The monoisotopic (exact) mass is 360 g/mol. The average molecular weight is 360 g/mol. The third kappa shape index (κ3) is 4.50. The Morgan fingerprint density at radius 3 is 2.26 bits per heavy atom. The number of aryl methyl sites for hydroxylation is 3. The van der Waals surface area contributed by atoms with Crippen LogP contribution in [0.15, 0.2) is 54.6 Å². The predicted octanol–water partition coefficient (Wildman–Crippen LogP) is 4.83. The van der Waals surface area contributed by atoms with Crippen molar-refractivity contribution in [2.45, 2.75) is 33.7 Å². The molecule has 1 heterocycles. The Bertz CT molecular complexity index is 934. The highest BCUT2D eigenvalue weighted by Gasteiger charge is 2.14. The minimum absolute atomic E-state index is 0.0648. The molecule has 1 unspecified atom stereocenters. The maximum absolute atomic E-state index is 12.7. The third-order valence-electron chi connectivity index (χ3n) is 4.45. The van der Waals surface area contributed by atoms with E-state index in [4.69, 9.17) is 0 Å². The number of aromatic nitrogens is 2. The van der Waals surface area contributed by atoms with E-state index in [0.717, 1.165) is 22.4 Å². The Labute approximate surface area is 159 Å². The fraction of sp³-hybridized carbons (Fsp3) is 0.227. The van der Waals surface area contributed by atoms with E-state index in [1.165, 1.54) is 0 Å². The van der Waals surface area contributed by atoms with Gasteiger partial charge in [0, 0.05) is 17.8 Å². The van der Waals surface area contributed by atoms with Gasteiger partial charge in [-0.25, -0.2) is 9.97 Å². The van der Waals surface area contributed by atoms with Crippen molar-refractivity contribution in [2.75, 3.05) is 10.6 Å². The van der Waals surface area contributed by atoms with Crippen molar-refractivity contribution in [3.8, 4) is 0 Å². The molecule has 2 N–H and O–H groups in total. The van der Waals surface area contributed by atoms with Crippen LogP contribution in [0.2, 0.25) is 0 Å². The van der Waals surface area contributed by atoms with E-state index >= 15 is 0 Å². The Kier molecular flexibility index (Phi) is 5.50. The van der Waals surface area contributed by atoms with Crippen LogP contribution in [-0.2, 0) is 0 Å². The second-order valence-corrected chi connectivity index (χ2v) is 6.68. The van der Waals surface area contributed by atoms with Crippen molar-refractivity contribution >= 4 is 17.4 Å². The number of carbonyl (C=O) groups excluding carboxylic acids is 1. The molecule has 0 bridgehead atoms. The number of rotatable bonds is 5. The van der Waals surface area contributed by atoms with Gasteiger partial charge in [0.1, 0.15) is 17.3 Å². The summed E-state index contributed by atoms with van der Waals surface area (Å²) in [7, 11) is 0. The quantitative estimate of drug-likeness (QED) is 0.684. The molecule has 1 amide bonds. The first-order chi connectivity index (χ1) is 12.9. The van der Waals surface area contributed by atoms with Gasteiger partial charge in [0.25, 0.3) is 5.91 Å². The zero-order valence-corrected chi connectivity index (χ0v) is 16.1. The van der Waals surface area contributed by atoms with Crippen LogP contribution in [0.5, 0.6) is 0 Å². The third-order valence-corrected chi connectivity index (χ3v) is 4.45. The highest BCUT2D eigenvalue weighted by molar-refractivity contribution is 6.04. The molecule has 2 aromatic carbocycles. The highest BCUT2D eigenvalue weighted by Crippen LogP contribution is 2.21. The summed E-state index contributed by atoms with van der Waals surface area (Å²) in [6.45, 7) is 7.79. The number of para-hydroxylation sites is 1. The summed E-state index contributed by atoms with van der Waals surface area (Å²) in [5.41, 5.74) is 4.35. The maximum atomic E-state index is 12.7. The lowest BCUT2D eigenvalue weighted by Crippen LogP contribution is -2.17. The fourth-order valence-corrected chi connectivity index (χ4v) is 2.99.